The monoisotopic (exact) mass is 801 g/mol. The van der Waals surface area contributed by atoms with E-state index in [0.717, 1.165) is 55.5 Å². The van der Waals surface area contributed by atoms with Crippen molar-refractivity contribution in [3.8, 4) is 28.3 Å². The number of rotatable bonds is 4. The van der Waals surface area contributed by atoms with Crippen molar-refractivity contribution in [3.05, 3.63) is 121 Å². The molecule has 4 aromatic carbocycles. The summed E-state index contributed by atoms with van der Waals surface area (Å²) in [6.07, 6.45) is 0. The zero-order chi connectivity index (χ0) is 31.7. The van der Waals surface area contributed by atoms with Crippen molar-refractivity contribution in [2.45, 2.75) is 52.4 Å². The Morgan fingerprint density at radius 1 is 0.723 bits per heavy atom. The number of hydrogen-bond acceptors (Lipinski definition) is 3. The van der Waals surface area contributed by atoms with Crippen molar-refractivity contribution in [1.82, 2.24) is 19.5 Å². The third-order valence-corrected chi connectivity index (χ3v) is 8.55. The fraction of sp³-hybridized carbons (Fsp3) is 0.200. The molecule has 0 aliphatic heterocycles. The molecule has 47 heavy (non-hydrogen) atoms. The van der Waals surface area contributed by atoms with Gasteiger partial charge in [0.05, 0.1) is 16.7 Å². The normalized spacial score (nSPS) is 11.9. The summed E-state index contributed by atoms with van der Waals surface area (Å²) in [5.41, 5.74) is 9.10. The molecule has 1 N–H and O–H groups in total. The van der Waals surface area contributed by atoms with Crippen molar-refractivity contribution in [2.24, 2.45) is 0 Å². The third-order valence-electron chi connectivity index (χ3n) is 8.55. The number of aromatic carboxylic acids is 1. The second-order valence-electron chi connectivity index (χ2n) is 13.8. The van der Waals surface area contributed by atoms with E-state index in [0.29, 0.717) is 5.69 Å². The first-order chi connectivity index (χ1) is 21.4. The maximum atomic E-state index is 11.8. The van der Waals surface area contributed by atoms with E-state index in [9.17, 15) is 9.90 Å². The Labute approximate surface area is 290 Å². The van der Waals surface area contributed by atoms with Crippen LogP contribution in [0.2, 0.25) is 0 Å². The number of hydrogen-bond donors (Lipinski definition) is 1. The van der Waals surface area contributed by atoms with Gasteiger partial charge >= 0.3 is 27.0 Å². The smallest absolute Gasteiger partial charge is 0.656 e. The average Bonchev–Trinajstić information content (AvgIpc) is 3.58. The summed E-state index contributed by atoms with van der Waals surface area (Å²) in [5.74, 6) is -0.294. The van der Waals surface area contributed by atoms with E-state index in [1.165, 1.54) is 17.2 Å². The number of imidazole rings is 1. The summed E-state index contributed by atoms with van der Waals surface area (Å²) in [4.78, 5) is 26.8. The molecule has 240 valence electrons. The number of para-hydroxylation sites is 2. The standard InChI is InChI=1S/C39H36N4O2.CH3.Pt/c1-38(2,3)23-18-19-31-27(20-23)28-21-24(39(4,5)6)22-29(34(28)41-31)36-42-35-26(30-15-11-16-32(40-30)37(44)45)14-10-17-33(35)43(36)25-12-8-7-9-13-25;;/h7-22H,1-6H3,(H2,40,41,42,44,45);1H3;/q;-1;+2/p-1. The molecule has 0 radical (unpaired) electrons. The first-order valence-corrected chi connectivity index (χ1v) is 15.2. The van der Waals surface area contributed by atoms with Gasteiger partial charge in [-0.1, -0.05) is 102 Å². The van der Waals surface area contributed by atoms with Crippen LogP contribution in [0, 0.1) is 7.43 Å². The minimum absolute atomic E-state index is 0. The molecule has 7 rings (SSSR count). The summed E-state index contributed by atoms with van der Waals surface area (Å²) in [5, 5.41) is 11.9. The molecule has 0 bridgehead atoms. The second kappa shape index (κ2) is 12.2. The van der Waals surface area contributed by atoms with E-state index in [1.54, 1.807) is 6.07 Å². The molecular formula is C40H38N4O2Pt. The van der Waals surface area contributed by atoms with Crippen molar-refractivity contribution in [3.63, 3.8) is 0 Å². The number of pyridine rings is 1. The van der Waals surface area contributed by atoms with Gasteiger partial charge in [0.1, 0.15) is 11.5 Å². The minimum atomic E-state index is -1.06. The summed E-state index contributed by atoms with van der Waals surface area (Å²) < 4.78 is 2.18. The molecule has 0 unspecified atom stereocenters. The van der Waals surface area contributed by atoms with Gasteiger partial charge in [-0.2, -0.15) is 0 Å². The summed E-state index contributed by atoms with van der Waals surface area (Å²) in [7, 11) is 0. The van der Waals surface area contributed by atoms with Crippen LogP contribution in [0.3, 0.4) is 0 Å². The Morgan fingerprint density at radius 2 is 1.40 bits per heavy atom. The van der Waals surface area contributed by atoms with Crippen LogP contribution in [0.1, 0.15) is 63.2 Å². The van der Waals surface area contributed by atoms with Crippen LogP contribution in [0.15, 0.2) is 97.1 Å². The maximum Gasteiger partial charge on any atom is 2.00 e. The molecule has 7 heteroatoms. The van der Waals surface area contributed by atoms with E-state index < -0.39 is 5.97 Å². The topological polar surface area (TPSA) is 82.1 Å². The molecular weight excluding hydrogens is 764 g/mol. The van der Waals surface area contributed by atoms with Crippen LogP contribution in [0.4, 0.5) is 0 Å². The van der Waals surface area contributed by atoms with E-state index in [4.69, 9.17) is 9.97 Å². The first kappa shape index (κ1) is 33.8. The fourth-order valence-corrected chi connectivity index (χ4v) is 6.03. The molecule has 0 aliphatic rings. The van der Waals surface area contributed by atoms with E-state index in [-0.39, 0.29) is 45.0 Å². The van der Waals surface area contributed by atoms with Gasteiger partial charge < -0.3 is 17.5 Å². The molecule has 3 aromatic heterocycles. The number of carboxylic acid groups (broad SMARTS) is 1. The van der Waals surface area contributed by atoms with Gasteiger partial charge in [0, 0.05) is 16.8 Å². The van der Waals surface area contributed by atoms with E-state index in [1.807, 2.05) is 36.4 Å². The summed E-state index contributed by atoms with van der Waals surface area (Å²) >= 11 is 0. The Kier molecular flexibility index (Phi) is 8.81. The van der Waals surface area contributed by atoms with Gasteiger partial charge in [-0.15, -0.1) is 11.0 Å². The van der Waals surface area contributed by atoms with Crippen molar-refractivity contribution < 1.29 is 31.0 Å². The quantitative estimate of drug-likeness (QED) is 0.179. The van der Waals surface area contributed by atoms with Crippen LogP contribution in [0.5, 0.6) is 0 Å². The number of fused-ring (bicyclic) bond motifs is 4. The molecule has 7 aromatic rings. The van der Waals surface area contributed by atoms with Gasteiger partial charge in [0.25, 0.3) is 0 Å². The van der Waals surface area contributed by atoms with Gasteiger partial charge in [-0.25, -0.2) is 14.8 Å². The zero-order valence-corrected chi connectivity index (χ0v) is 30.0. The number of benzene rings is 4. The molecule has 0 atom stereocenters. The van der Waals surface area contributed by atoms with Crippen molar-refractivity contribution in [2.75, 3.05) is 0 Å². The number of carbonyl (C=O) groups is 1. The summed E-state index contributed by atoms with van der Waals surface area (Å²) in [6, 6.07) is 32.4. The van der Waals surface area contributed by atoms with Gasteiger partial charge in [0.15, 0.2) is 0 Å². The Morgan fingerprint density at radius 3 is 2.09 bits per heavy atom. The minimum Gasteiger partial charge on any atom is -0.656 e. The van der Waals surface area contributed by atoms with Crippen LogP contribution in [-0.2, 0) is 31.9 Å². The molecule has 0 amide bonds. The number of nitrogens with zero attached hydrogens (tertiary/aromatic N) is 4. The van der Waals surface area contributed by atoms with E-state index in [2.05, 4.69) is 99.6 Å². The number of carboxylic acids is 1. The van der Waals surface area contributed by atoms with E-state index >= 15 is 0 Å². The Bertz CT molecular complexity index is 2270. The Balaban J connectivity index is 0.00000217. The largest absolute Gasteiger partial charge is 2.00 e. The van der Waals surface area contributed by atoms with Crippen LogP contribution < -0.4 is 4.98 Å². The maximum absolute atomic E-state index is 11.8. The molecule has 0 fully saturated rings. The predicted molar refractivity (Wildman–Crippen MR) is 189 cm³/mol. The first-order valence-electron chi connectivity index (χ1n) is 15.2. The van der Waals surface area contributed by atoms with Crippen LogP contribution >= 0.6 is 0 Å². The molecule has 0 spiro atoms. The van der Waals surface area contributed by atoms with Crippen molar-refractivity contribution in [1.29, 1.82) is 0 Å². The predicted octanol–water partition coefficient (Wildman–Crippen LogP) is 9.76. The molecule has 0 saturated heterocycles. The van der Waals surface area contributed by atoms with Gasteiger partial charge in [0.2, 0.25) is 0 Å². The number of aromatic nitrogens is 4. The third kappa shape index (κ3) is 5.92. The Hall–Kier alpha value is -4.54. The van der Waals surface area contributed by atoms with Gasteiger partial charge in [-0.3, -0.25) is 4.57 Å². The SMILES string of the molecule is CC(C)(C)c1ccc2[n-]c3c(-c4nc5c(-c6cccc(C(=O)O)n6)cccc5n4-c4ccccc4)cc(C(C)(C)C)cc3c2c1.[CH3-].[Pt+2]. The van der Waals surface area contributed by atoms with Crippen LogP contribution in [-0.4, -0.2) is 25.6 Å². The average molecular weight is 802 g/mol. The fourth-order valence-electron chi connectivity index (χ4n) is 6.03. The van der Waals surface area contributed by atoms with Gasteiger partial charge in [-0.05, 0) is 69.1 Å². The second-order valence-corrected chi connectivity index (χ2v) is 13.8. The molecule has 0 aliphatic carbocycles. The summed E-state index contributed by atoms with van der Waals surface area (Å²) in [6.45, 7) is 13.4. The molecule has 0 saturated carbocycles. The zero-order valence-electron chi connectivity index (χ0n) is 27.7. The molecule has 6 nitrogen and oxygen atoms in total. The molecule has 3 heterocycles. The van der Waals surface area contributed by atoms with Crippen LogP contribution in [0.25, 0.3) is 61.2 Å². The van der Waals surface area contributed by atoms with Crippen molar-refractivity contribution >= 4 is 38.8 Å².